The van der Waals surface area contributed by atoms with E-state index in [1.807, 2.05) is 0 Å². The largest absolute Gasteiger partial charge is 0.491 e. The molecule has 108 valence electrons. The van der Waals surface area contributed by atoms with Crippen LogP contribution in [0, 0.1) is 29.1 Å². The van der Waals surface area contributed by atoms with Crippen LogP contribution in [0.5, 0.6) is 0 Å². The van der Waals surface area contributed by atoms with Crippen molar-refractivity contribution in [2.75, 3.05) is 0 Å². The molecule has 0 bridgehead atoms. The standard InChI is InChI=1S/C13H6BF5O2/c15-6-2-1-4-3-5-8(7(4)10(6)16)11(17)13(19)12(18)9(5)14(20)21/h1-2,20-21H,3H2. The Labute approximate surface area is 115 Å². The van der Waals surface area contributed by atoms with Crippen LogP contribution in [-0.2, 0) is 6.42 Å². The Morgan fingerprint density at radius 1 is 0.810 bits per heavy atom. The molecule has 0 radical (unpaired) electrons. The zero-order chi connectivity index (χ0) is 15.5. The van der Waals surface area contributed by atoms with Gasteiger partial charge in [-0.2, -0.15) is 0 Å². The molecule has 0 saturated heterocycles. The fourth-order valence-electron chi connectivity index (χ4n) is 2.64. The second-order valence-corrected chi connectivity index (χ2v) is 4.66. The highest BCUT2D eigenvalue weighted by Gasteiger charge is 2.37. The van der Waals surface area contributed by atoms with Crippen molar-refractivity contribution in [1.29, 1.82) is 0 Å². The molecule has 2 aromatic rings. The molecule has 2 nitrogen and oxygen atoms in total. The molecule has 0 aromatic heterocycles. The Morgan fingerprint density at radius 2 is 1.48 bits per heavy atom. The molecule has 0 fully saturated rings. The van der Waals surface area contributed by atoms with Crippen LogP contribution >= 0.6 is 0 Å². The average molecular weight is 300 g/mol. The highest BCUT2D eigenvalue weighted by atomic mass is 19.2. The summed E-state index contributed by atoms with van der Waals surface area (Å²) in [7, 11) is -2.41. The molecule has 1 aliphatic carbocycles. The summed E-state index contributed by atoms with van der Waals surface area (Å²) >= 11 is 0. The van der Waals surface area contributed by atoms with Crippen molar-refractivity contribution in [3.8, 4) is 11.1 Å². The van der Waals surface area contributed by atoms with Gasteiger partial charge in [0, 0.05) is 16.6 Å². The maximum absolute atomic E-state index is 13.9. The molecular weight excluding hydrogens is 294 g/mol. The topological polar surface area (TPSA) is 40.5 Å². The van der Waals surface area contributed by atoms with Crippen LogP contribution < -0.4 is 5.46 Å². The van der Waals surface area contributed by atoms with E-state index in [1.165, 1.54) is 0 Å². The third kappa shape index (κ3) is 1.79. The van der Waals surface area contributed by atoms with Gasteiger partial charge in [-0.25, -0.2) is 22.0 Å². The van der Waals surface area contributed by atoms with E-state index in [0.29, 0.717) is 0 Å². The van der Waals surface area contributed by atoms with E-state index in [9.17, 15) is 22.0 Å². The molecule has 0 unspecified atom stereocenters. The maximum Gasteiger partial charge on any atom is 0.491 e. The van der Waals surface area contributed by atoms with Gasteiger partial charge in [0.1, 0.15) is 0 Å². The zero-order valence-corrected chi connectivity index (χ0v) is 10.2. The Kier molecular flexibility index (Phi) is 3.03. The molecule has 2 aromatic carbocycles. The molecule has 0 amide bonds. The van der Waals surface area contributed by atoms with Gasteiger partial charge < -0.3 is 10.0 Å². The highest BCUT2D eigenvalue weighted by molar-refractivity contribution is 6.59. The lowest BCUT2D eigenvalue weighted by Gasteiger charge is -2.12. The lowest BCUT2D eigenvalue weighted by atomic mass is 9.75. The molecule has 0 aliphatic heterocycles. The van der Waals surface area contributed by atoms with Gasteiger partial charge in [0.05, 0.1) is 0 Å². The zero-order valence-electron chi connectivity index (χ0n) is 10.2. The predicted octanol–water partition coefficient (Wildman–Crippen LogP) is 1.63. The average Bonchev–Trinajstić information content (AvgIpc) is 2.80. The summed E-state index contributed by atoms with van der Waals surface area (Å²) in [6, 6.07) is 1.95. The summed E-state index contributed by atoms with van der Waals surface area (Å²) in [4.78, 5) is 0. The van der Waals surface area contributed by atoms with Gasteiger partial charge in [0.15, 0.2) is 29.1 Å². The second-order valence-electron chi connectivity index (χ2n) is 4.66. The van der Waals surface area contributed by atoms with E-state index in [4.69, 9.17) is 10.0 Å². The van der Waals surface area contributed by atoms with Crippen molar-refractivity contribution in [3.05, 3.63) is 52.3 Å². The van der Waals surface area contributed by atoms with Gasteiger partial charge in [-0.3, -0.25) is 0 Å². The Balaban J connectivity index is 2.44. The quantitative estimate of drug-likeness (QED) is 0.407. The SMILES string of the molecule is OB(O)c1c(F)c(F)c(F)c2c1Cc1ccc(F)c(F)c1-2. The molecular formula is C13H6BF5O2. The van der Waals surface area contributed by atoms with Gasteiger partial charge in [-0.1, -0.05) is 6.07 Å². The number of hydrogen-bond donors (Lipinski definition) is 2. The van der Waals surface area contributed by atoms with Crippen LogP contribution in [0.2, 0.25) is 0 Å². The molecule has 0 spiro atoms. The number of fused-ring (bicyclic) bond motifs is 3. The smallest absolute Gasteiger partial charge is 0.423 e. The van der Waals surface area contributed by atoms with Crippen molar-refractivity contribution >= 4 is 12.6 Å². The van der Waals surface area contributed by atoms with Crippen molar-refractivity contribution in [2.45, 2.75) is 6.42 Å². The fourth-order valence-corrected chi connectivity index (χ4v) is 2.64. The monoisotopic (exact) mass is 300 g/mol. The first-order valence-electron chi connectivity index (χ1n) is 5.87. The third-order valence-electron chi connectivity index (χ3n) is 3.52. The summed E-state index contributed by atoms with van der Waals surface area (Å²) in [5.74, 6) is -8.06. The summed E-state index contributed by atoms with van der Waals surface area (Å²) in [6.45, 7) is 0. The molecule has 21 heavy (non-hydrogen) atoms. The lowest BCUT2D eigenvalue weighted by Crippen LogP contribution is -2.37. The molecule has 0 atom stereocenters. The Bertz CT molecular complexity index is 776. The van der Waals surface area contributed by atoms with E-state index in [0.717, 1.165) is 12.1 Å². The number of rotatable bonds is 1. The fraction of sp³-hybridized carbons (Fsp3) is 0.0769. The van der Waals surface area contributed by atoms with Crippen LogP contribution in [0.4, 0.5) is 22.0 Å². The third-order valence-corrected chi connectivity index (χ3v) is 3.52. The normalized spacial score (nSPS) is 12.3. The molecule has 1 aliphatic rings. The van der Waals surface area contributed by atoms with Crippen molar-refractivity contribution < 1.29 is 32.0 Å². The first-order chi connectivity index (χ1) is 9.84. The van der Waals surface area contributed by atoms with E-state index >= 15 is 0 Å². The summed E-state index contributed by atoms with van der Waals surface area (Å²) in [6.07, 6.45) is -0.261. The van der Waals surface area contributed by atoms with E-state index in [1.54, 1.807) is 0 Å². The van der Waals surface area contributed by atoms with Gasteiger partial charge in [-0.15, -0.1) is 0 Å². The van der Waals surface area contributed by atoms with Crippen LogP contribution in [0.15, 0.2) is 12.1 Å². The number of halogens is 5. The molecule has 2 N–H and O–H groups in total. The summed E-state index contributed by atoms with van der Waals surface area (Å²) in [5.41, 5.74) is -2.28. The lowest BCUT2D eigenvalue weighted by molar-refractivity contribution is 0.414. The van der Waals surface area contributed by atoms with E-state index in [-0.39, 0.29) is 17.5 Å². The first-order valence-corrected chi connectivity index (χ1v) is 5.87. The van der Waals surface area contributed by atoms with Gasteiger partial charge in [0.25, 0.3) is 0 Å². The van der Waals surface area contributed by atoms with Crippen molar-refractivity contribution in [1.82, 2.24) is 0 Å². The first kappa shape index (κ1) is 14.0. The van der Waals surface area contributed by atoms with Gasteiger partial charge in [0.2, 0.25) is 0 Å². The van der Waals surface area contributed by atoms with Crippen molar-refractivity contribution in [2.24, 2.45) is 0 Å². The van der Waals surface area contributed by atoms with Crippen LogP contribution in [0.3, 0.4) is 0 Å². The van der Waals surface area contributed by atoms with Crippen LogP contribution in [-0.4, -0.2) is 17.2 Å². The molecule has 0 saturated carbocycles. The second kappa shape index (κ2) is 4.54. The highest BCUT2D eigenvalue weighted by Crippen LogP contribution is 2.41. The summed E-state index contributed by atoms with van der Waals surface area (Å²) in [5, 5.41) is 18.3. The minimum Gasteiger partial charge on any atom is -0.423 e. The van der Waals surface area contributed by atoms with Crippen molar-refractivity contribution in [3.63, 3.8) is 0 Å². The minimum atomic E-state index is -2.41. The van der Waals surface area contributed by atoms with Crippen LogP contribution in [0.1, 0.15) is 11.1 Å². The maximum atomic E-state index is 13.9. The summed E-state index contributed by atoms with van der Waals surface area (Å²) < 4.78 is 68.3. The van der Waals surface area contributed by atoms with E-state index in [2.05, 4.69) is 0 Å². The Morgan fingerprint density at radius 3 is 2.10 bits per heavy atom. The number of hydrogen-bond acceptors (Lipinski definition) is 2. The van der Waals surface area contributed by atoms with Gasteiger partial charge >= 0.3 is 7.12 Å². The number of benzene rings is 2. The Hall–Kier alpha value is -1.93. The predicted molar refractivity (Wildman–Crippen MR) is 64.3 cm³/mol. The van der Waals surface area contributed by atoms with Crippen LogP contribution in [0.25, 0.3) is 11.1 Å². The molecule has 0 heterocycles. The molecule has 8 heteroatoms. The van der Waals surface area contributed by atoms with Gasteiger partial charge in [-0.05, 0) is 23.6 Å². The minimum absolute atomic E-state index is 0.106. The molecule has 3 rings (SSSR count). The van der Waals surface area contributed by atoms with E-state index < -0.39 is 52.8 Å².